The van der Waals surface area contributed by atoms with Crippen LogP contribution in [0.4, 0.5) is 11.4 Å². The molecule has 5 heteroatoms. The summed E-state index contributed by atoms with van der Waals surface area (Å²) in [6.07, 6.45) is -0.221. The Morgan fingerprint density at radius 3 is 2.54 bits per heavy atom. The standard InChI is InChI=1S/C19H16N2O2S/c1-23-14-10-8-13(9-11-14)21-18(17-7-4-12-24-17)20-16-6-3-2-5-15(16)19(21)22/h2-12,18,20H,1H3. The zero-order valence-corrected chi connectivity index (χ0v) is 13.9. The van der Waals surface area contributed by atoms with Gasteiger partial charge in [-0.2, -0.15) is 0 Å². The van der Waals surface area contributed by atoms with E-state index in [1.807, 2.05) is 66.0 Å². The van der Waals surface area contributed by atoms with Crippen LogP contribution in [-0.4, -0.2) is 13.0 Å². The molecule has 0 fully saturated rings. The highest BCUT2D eigenvalue weighted by molar-refractivity contribution is 7.10. The van der Waals surface area contributed by atoms with Gasteiger partial charge < -0.3 is 10.1 Å². The Hall–Kier alpha value is -2.79. The molecule has 0 radical (unpaired) electrons. The van der Waals surface area contributed by atoms with E-state index in [0.29, 0.717) is 5.56 Å². The lowest BCUT2D eigenvalue weighted by molar-refractivity contribution is 0.0975. The van der Waals surface area contributed by atoms with Gasteiger partial charge in [0.15, 0.2) is 0 Å². The van der Waals surface area contributed by atoms with E-state index in [2.05, 4.69) is 5.32 Å². The van der Waals surface area contributed by atoms with E-state index in [1.165, 1.54) is 0 Å². The Labute approximate surface area is 144 Å². The van der Waals surface area contributed by atoms with Crippen molar-refractivity contribution in [3.63, 3.8) is 0 Å². The van der Waals surface area contributed by atoms with Gasteiger partial charge in [-0.1, -0.05) is 18.2 Å². The third kappa shape index (κ3) is 2.43. The lowest BCUT2D eigenvalue weighted by atomic mass is 10.1. The van der Waals surface area contributed by atoms with Crippen LogP contribution in [0.5, 0.6) is 5.75 Å². The van der Waals surface area contributed by atoms with Gasteiger partial charge in [-0.05, 0) is 47.8 Å². The largest absolute Gasteiger partial charge is 0.497 e. The van der Waals surface area contributed by atoms with Gasteiger partial charge in [-0.15, -0.1) is 11.3 Å². The van der Waals surface area contributed by atoms with Crippen LogP contribution in [0.2, 0.25) is 0 Å². The van der Waals surface area contributed by atoms with Crippen molar-refractivity contribution in [2.45, 2.75) is 6.17 Å². The molecule has 0 saturated heterocycles. The van der Waals surface area contributed by atoms with Gasteiger partial charge >= 0.3 is 0 Å². The predicted octanol–water partition coefficient (Wildman–Crippen LogP) is 4.53. The van der Waals surface area contributed by atoms with E-state index in [1.54, 1.807) is 23.3 Å². The highest BCUT2D eigenvalue weighted by Crippen LogP contribution is 2.38. The Bertz CT molecular complexity index is 859. The summed E-state index contributed by atoms with van der Waals surface area (Å²) in [5.41, 5.74) is 2.38. The summed E-state index contributed by atoms with van der Waals surface area (Å²) in [4.78, 5) is 16.0. The summed E-state index contributed by atoms with van der Waals surface area (Å²) in [6.45, 7) is 0. The summed E-state index contributed by atoms with van der Waals surface area (Å²) < 4.78 is 5.22. The molecule has 1 aliphatic heterocycles. The van der Waals surface area contributed by atoms with Gasteiger partial charge in [0.1, 0.15) is 11.9 Å². The zero-order valence-electron chi connectivity index (χ0n) is 13.1. The van der Waals surface area contributed by atoms with Crippen molar-refractivity contribution < 1.29 is 9.53 Å². The average molecular weight is 336 g/mol. The van der Waals surface area contributed by atoms with Crippen LogP contribution >= 0.6 is 11.3 Å². The molecule has 4 rings (SSSR count). The number of amides is 1. The summed E-state index contributed by atoms with van der Waals surface area (Å²) in [7, 11) is 1.63. The van der Waals surface area contributed by atoms with Crippen LogP contribution in [0.15, 0.2) is 66.0 Å². The molecule has 1 aromatic heterocycles. The lowest BCUT2D eigenvalue weighted by Crippen LogP contribution is -2.42. The van der Waals surface area contributed by atoms with Crippen molar-refractivity contribution in [1.29, 1.82) is 0 Å². The first kappa shape index (κ1) is 14.8. The minimum atomic E-state index is -0.221. The monoisotopic (exact) mass is 336 g/mol. The van der Waals surface area contributed by atoms with E-state index in [0.717, 1.165) is 22.0 Å². The van der Waals surface area contributed by atoms with E-state index >= 15 is 0 Å². The van der Waals surface area contributed by atoms with Crippen LogP contribution in [0.1, 0.15) is 21.4 Å². The van der Waals surface area contributed by atoms with Crippen molar-refractivity contribution in [2.75, 3.05) is 17.3 Å². The number of fused-ring (bicyclic) bond motifs is 1. The van der Waals surface area contributed by atoms with Crippen LogP contribution < -0.4 is 15.0 Å². The topological polar surface area (TPSA) is 41.6 Å². The number of thiophene rings is 1. The van der Waals surface area contributed by atoms with Crippen molar-refractivity contribution >= 4 is 28.6 Å². The second kappa shape index (κ2) is 6.02. The number of para-hydroxylation sites is 1. The average Bonchev–Trinajstić information content (AvgIpc) is 3.16. The number of anilines is 2. The quantitative estimate of drug-likeness (QED) is 0.764. The van der Waals surface area contributed by atoms with Gasteiger partial charge in [0.25, 0.3) is 5.91 Å². The molecule has 1 aliphatic rings. The van der Waals surface area contributed by atoms with Crippen molar-refractivity contribution in [3.05, 3.63) is 76.5 Å². The van der Waals surface area contributed by atoms with E-state index in [-0.39, 0.29) is 12.1 Å². The van der Waals surface area contributed by atoms with Crippen LogP contribution in [0.3, 0.4) is 0 Å². The number of carbonyl (C=O) groups excluding carboxylic acids is 1. The SMILES string of the molecule is COc1ccc(N2C(=O)c3ccccc3NC2c2cccs2)cc1. The van der Waals surface area contributed by atoms with Crippen molar-refractivity contribution in [3.8, 4) is 5.75 Å². The number of hydrogen-bond acceptors (Lipinski definition) is 4. The van der Waals surface area contributed by atoms with Crippen molar-refractivity contribution in [2.24, 2.45) is 0 Å². The maximum Gasteiger partial charge on any atom is 0.262 e. The van der Waals surface area contributed by atoms with Gasteiger partial charge in [-0.3, -0.25) is 9.69 Å². The van der Waals surface area contributed by atoms with E-state index < -0.39 is 0 Å². The summed E-state index contributed by atoms with van der Waals surface area (Å²) in [6, 6.07) is 19.2. The third-order valence-electron chi connectivity index (χ3n) is 4.09. The molecule has 1 unspecified atom stereocenters. The van der Waals surface area contributed by atoms with E-state index in [9.17, 15) is 4.79 Å². The second-order valence-electron chi connectivity index (χ2n) is 5.48. The maximum absolute atomic E-state index is 13.1. The normalized spacial score (nSPS) is 16.5. The first-order valence-corrected chi connectivity index (χ1v) is 8.52. The molecule has 1 amide bonds. The van der Waals surface area contributed by atoms with Gasteiger partial charge in [0.05, 0.1) is 12.7 Å². The molecule has 1 N–H and O–H groups in total. The number of ether oxygens (including phenoxy) is 1. The number of nitrogens with one attached hydrogen (secondary N) is 1. The van der Waals surface area contributed by atoms with Crippen LogP contribution in [-0.2, 0) is 0 Å². The molecule has 0 saturated carbocycles. The molecule has 0 bridgehead atoms. The number of benzene rings is 2. The molecule has 120 valence electrons. The molecule has 2 heterocycles. The Balaban J connectivity index is 1.82. The molecule has 0 aliphatic carbocycles. The Morgan fingerprint density at radius 1 is 1.04 bits per heavy atom. The fraction of sp³-hybridized carbons (Fsp3) is 0.105. The summed E-state index contributed by atoms with van der Waals surface area (Å²) in [5, 5.41) is 5.51. The minimum Gasteiger partial charge on any atom is -0.497 e. The number of rotatable bonds is 3. The van der Waals surface area contributed by atoms with Gasteiger partial charge in [-0.25, -0.2) is 0 Å². The number of methoxy groups -OCH3 is 1. The molecular formula is C19H16N2O2S. The smallest absolute Gasteiger partial charge is 0.262 e. The first-order chi connectivity index (χ1) is 11.8. The number of carbonyl (C=O) groups is 1. The summed E-state index contributed by atoms with van der Waals surface area (Å²) >= 11 is 1.63. The minimum absolute atomic E-state index is 0.00656. The number of nitrogens with zero attached hydrogens (tertiary/aromatic N) is 1. The first-order valence-electron chi connectivity index (χ1n) is 7.64. The fourth-order valence-corrected chi connectivity index (χ4v) is 3.67. The van der Waals surface area contributed by atoms with Gasteiger partial charge in [0, 0.05) is 16.3 Å². The molecule has 24 heavy (non-hydrogen) atoms. The zero-order chi connectivity index (χ0) is 16.5. The highest BCUT2D eigenvalue weighted by Gasteiger charge is 2.34. The lowest BCUT2D eigenvalue weighted by Gasteiger charge is -2.37. The predicted molar refractivity (Wildman–Crippen MR) is 96.9 cm³/mol. The molecule has 0 spiro atoms. The molecule has 4 nitrogen and oxygen atoms in total. The highest BCUT2D eigenvalue weighted by atomic mass is 32.1. The van der Waals surface area contributed by atoms with E-state index in [4.69, 9.17) is 4.74 Å². The third-order valence-corrected chi connectivity index (χ3v) is 5.01. The second-order valence-corrected chi connectivity index (χ2v) is 6.46. The Kier molecular flexibility index (Phi) is 3.70. The molecule has 3 aromatic rings. The molecule has 2 aromatic carbocycles. The Morgan fingerprint density at radius 2 is 1.83 bits per heavy atom. The van der Waals surface area contributed by atoms with Crippen molar-refractivity contribution in [1.82, 2.24) is 0 Å². The van der Waals surface area contributed by atoms with Crippen LogP contribution in [0, 0.1) is 0 Å². The fourth-order valence-electron chi connectivity index (χ4n) is 2.91. The maximum atomic E-state index is 13.1. The number of hydrogen-bond donors (Lipinski definition) is 1. The summed E-state index contributed by atoms with van der Waals surface area (Å²) in [5.74, 6) is 0.761. The molecular weight excluding hydrogens is 320 g/mol. The molecule has 1 atom stereocenters. The van der Waals surface area contributed by atoms with Crippen LogP contribution in [0.25, 0.3) is 0 Å². The van der Waals surface area contributed by atoms with Gasteiger partial charge in [0.2, 0.25) is 0 Å².